The van der Waals surface area contributed by atoms with Gasteiger partial charge in [-0.05, 0) is 56.1 Å². The molecule has 0 amide bonds. The van der Waals surface area contributed by atoms with Gasteiger partial charge in [-0.25, -0.2) is 0 Å². The Kier molecular flexibility index (Phi) is 10.9. The summed E-state index contributed by atoms with van der Waals surface area (Å²) in [5.74, 6) is 1.78. The molecule has 2 N–H and O–H groups in total. The minimum atomic E-state index is 0. The number of hydrogen-bond donors (Lipinski definition) is 2. The number of guanidine groups is 1. The zero-order valence-electron chi connectivity index (χ0n) is 14.4. The van der Waals surface area contributed by atoms with Crippen LogP contribution in [0.3, 0.4) is 0 Å². The third kappa shape index (κ3) is 8.35. The number of aliphatic imine (C=N–C) groups is 1. The average Bonchev–Trinajstić information content (AvgIpc) is 3.03. The molecule has 1 aliphatic heterocycles. The highest BCUT2D eigenvalue weighted by molar-refractivity contribution is 14.0. The number of piperidine rings is 1. The minimum absolute atomic E-state index is 0. The molecule has 4 nitrogen and oxygen atoms in total. The SMILES string of the molecule is CN=C(NCCCCN1CCCC(C)C1)NCc1cccs1.I. The summed E-state index contributed by atoms with van der Waals surface area (Å²) < 4.78 is 0. The second-order valence-electron chi connectivity index (χ2n) is 6.19. The molecule has 1 unspecified atom stereocenters. The zero-order valence-corrected chi connectivity index (χ0v) is 17.5. The summed E-state index contributed by atoms with van der Waals surface area (Å²) in [6.45, 7) is 8.04. The van der Waals surface area contributed by atoms with Crippen LogP contribution in [-0.4, -0.2) is 44.1 Å². The van der Waals surface area contributed by atoms with Gasteiger partial charge in [-0.2, -0.15) is 0 Å². The van der Waals surface area contributed by atoms with Gasteiger partial charge in [0.1, 0.15) is 0 Å². The van der Waals surface area contributed by atoms with Crippen LogP contribution in [0, 0.1) is 5.92 Å². The van der Waals surface area contributed by atoms with Gasteiger partial charge in [0, 0.05) is 25.0 Å². The van der Waals surface area contributed by atoms with E-state index < -0.39 is 0 Å². The van der Waals surface area contributed by atoms with Gasteiger partial charge >= 0.3 is 0 Å². The number of hydrogen-bond acceptors (Lipinski definition) is 3. The molecular weight excluding hydrogens is 419 g/mol. The number of unbranched alkanes of at least 4 members (excludes halogenated alkanes) is 1. The van der Waals surface area contributed by atoms with Gasteiger partial charge in [0.05, 0.1) is 6.54 Å². The topological polar surface area (TPSA) is 39.7 Å². The molecule has 0 aliphatic carbocycles. The molecule has 1 fully saturated rings. The molecule has 23 heavy (non-hydrogen) atoms. The van der Waals surface area contributed by atoms with Crippen molar-refractivity contribution in [2.75, 3.05) is 33.2 Å². The fraction of sp³-hybridized carbons (Fsp3) is 0.706. The molecule has 1 aromatic rings. The van der Waals surface area contributed by atoms with Crippen LogP contribution in [0.15, 0.2) is 22.5 Å². The minimum Gasteiger partial charge on any atom is -0.356 e. The lowest BCUT2D eigenvalue weighted by atomic mass is 10.0. The monoisotopic (exact) mass is 450 g/mol. The van der Waals surface area contributed by atoms with E-state index in [1.807, 2.05) is 7.05 Å². The lowest BCUT2D eigenvalue weighted by molar-refractivity contribution is 0.181. The molecule has 132 valence electrons. The van der Waals surface area contributed by atoms with Gasteiger partial charge < -0.3 is 15.5 Å². The molecule has 1 aromatic heterocycles. The molecule has 2 heterocycles. The number of thiophene rings is 1. The average molecular weight is 450 g/mol. The van der Waals surface area contributed by atoms with Crippen LogP contribution in [0.5, 0.6) is 0 Å². The highest BCUT2D eigenvalue weighted by atomic mass is 127. The van der Waals surface area contributed by atoms with Gasteiger partial charge in [0.25, 0.3) is 0 Å². The number of rotatable bonds is 7. The van der Waals surface area contributed by atoms with E-state index in [0.717, 1.165) is 25.0 Å². The maximum Gasteiger partial charge on any atom is 0.191 e. The molecule has 1 saturated heterocycles. The summed E-state index contributed by atoms with van der Waals surface area (Å²) in [7, 11) is 1.83. The van der Waals surface area contributed by atoms with Gasteiger partial charge in [-0.1, -0.05) is 13.0 Å². The summed E-state index contributed by atoms with van der Waals surface area (Å²) in [4.78, 5) is 8.23. The smallest absolute Gasteiger partial charge is 0.191 e. The van der Waals surface area contributed by atoms with Crippen LogP contribution in [0.2, 0.25) is 0 Å². The standard InChI is InChI=1S/C17H30N4S.HI/c1-15-7-5-11-21(14-15)10-4-3-9-19-17(18-2)20-13-16-8-6-12-22-16;/h6,8,12,15H,3-5,7,9-11,13-14H2,1-2H3,(H2,18,19,20);1H. The summed E-state index contributed by atoms with van der Waals surface area (Å²) in [5.41, 5.74) is 0. The van der Waals surface area contributed by atoms with E-state index in [2.05, 4.69) is 45.0 Å². The van der Waals surface area contributed by atoms with E-state index in [1.165, 1.54) is 50.2 Å². The number of halogens is 1. The quantitative estimate of drug-likeness (QED) is 0.289. The summed E-state index contributed by atoms with van der Waals surface area (Å²) in [6.07, 6.45) is 5.25. The fourth-order valence-electron chi connectivity index (χ4n) is 2.96. The highest BCUT2D eigenvalue weighted by Crippen LogP contribution is 2.15. The van der Waals surface area contributed by atoms with Crippen molar-refractivity contribution in [3.05, 3.63) is 22.4 Å². The Morgan fingerprint density at radius 3 is 2.96 bits per heavy atom. The Balaban J connectivity index is 0.00000264. The van der Waals surface area contributed by atoms with E-state index in [-0.39, 0.29) is 24.0 Å². The predicted octanol–water partition coefficient (Wildman–Crippen LogP) is 3.54. The molecule has 0 spiro atoms. The first kappa shape index (κ1) is 20.7. The van der Waals surface area contributed by atoms with E-state index in [0.29, 0.717) is 0 Å². The number of nitrogens with zero attached hydrogens (tertiary/aromatic N) is 2. The van der Waals surface area contributed by atoms with Crippen molar-refractivity contribution in [3.63, 3.8) is 0 Å². The van der Waals surface area contributed by atoms with E-state index in [9.17, 15) is 0 Å². The van der Waals surface area contributed by atoms with Crippen LogP contribution in [0.1, 0.15) is 37.5 Å². The number of likely N-dealkylation sites (tertiary alicyclic amines) is 1. The van der Waals surface area contributed by atoms with Crippen molar-refractivity contribution in [1.29, 1.82) is 0 Å². The molecular formula is C17H31IN4S. The summed E-state index contributed by atoms with van der Waals surface area (Å²) in [6, 6.07) is 4.23. The lowest BCUT2D eigenvalue weighted by Gasteiger charge is -2.30. The van der Waals surface area contributed by atoms with Crippen LogP contribution >= 0.6 is 35.3 Å². The highest BCUT2D eigenvalue weighted by Gasteiger charge is 2.15. The normalized spacial score (nSPS) is 19.2. The first-order valence-corrected chi connectivity index (χ1v) is 9.35. The Hall–Kier alpha value is -0.340. The second kappa shape index (κ2) is 12.1. The summed E-state index contributed by atoms with van der Waals surface area (Å²) >= 11 is 1.77. The maximum absolute atomic E-state index is 4.27. The van der Waals surface area contributed by atoms with Crippen molar-refractivity contribution in [2.24, 2.45) is 10.9 Å². The Morgan fingerprint density at radius 2 is 2.26 bits per heavy atom. The summed E-state index contributed by atoms with van der Waals surface area (Å²) in [5, 5.41) is 8.87. The van der Waals surface area contributed by atoms with Gasteiger partial charge in [0.2, 0.25) is 0 Å². The van der Waals surface area contributed by atoms with Gasteiger partial charge in [0.15, 0.2) is 5.96 Å². The Labute approximate surface area is 162 Å². The van der Waals surface area contributed by atoms with Crippen molar-refractivity contribution < 1.29 is 0 Å². The van der Waals surface area contributed by atoms with E-state index in [4.69, 9.17) is 0 Å². The molecule has 2 rings (SSSR count). The Morgan fingerprint density at radius 1 is 1.39 bits per heavy atom. The molecule has 0 bridgehead atoms. The van der Waals surface area contributed by atoms with Crippen molar-refractivity contribution in [1.82, 2.24) is 15.5 Å². The Bertz CT molecular complexity index is 436. The largest absolute Gasteiger partial charge is 0.356 e. The zero-order chi connectivity index (χ0) is 15.6. The molecule has 0 radical (unpaired) electrons. The molecule has 0 aromatic carbocycles. The first-order chi connectivity index (χ1) is 10.8. The number of nitrogens with one attached hydrogen (secondary N) is 2. The molecule has 1 aliphatic rings. The fourth-order valence-corrected chi connectivity index (χ4v) is 3.61. The first-order valence-electron chi connectivity index (χ1n) is 8.47. The van der Waals surface area contributed by atoms with Crippen LogP contribution in [-0.2, 0) is 6.54 Å². The second-order valence-corrected chi connectivity index (χ2v) is 7.22. The van der Waals surface area contributed by atoms with Gasteiger partial charge in [-0.3, -0.25) is 4.99 Å². The van der Waals surface area contributed by atoms with Crippen LogP contribution in [0.4, 0.5) is 0 Å². The molecule has 6 heteroatoms. The van der Waals surface area contributed by atoms with Crippen LogP contribution in [0.25, 0.3) is 0 Å². The van der Waals surface area contributed by atoms with E-state index in [1.54, 1.807) is 11.3 Å². The molecule has 0 saturated carbocycles. The van der Waals surface area contributed by atoms with Crippen LogP contribution < -0.4 is 10.6 Å². The van der Waals surface area contributed by atoms with Crippen molar-refractivity contribution >= 4 is 41.3 Å². The van der Waals surface area contributed by atoms with Crippen molar-refractivity contribution in [2.45, 2.75) is 39.2 Å². The van der Waals surface area contributed by atoms with Crippen molar-refractivity contribution in [3.8, 4) is 0 Å². The van der Waals surface area contributed by atoms with Gasteiger partial charge in [-0.15, -0.1) is 35.3 Å². The lowest BCUT2D eigenvalue weighted by Crippen LogP contribution is -2.38. The predicted molar refractivity (Wildman–Crippen MR) is 112 cm³/mol. The van der Waals surface area contributed by atoms with E-state index >= 15 is 0 Å². The third-order valence-electron chi connectivity index (χ3n) is 4.17. The maximum atomic E-state index is 4.27. The third-order valence-corrected chi connectivity index (χ3v) is 5.04. The molecule has 1 atom stereocenters.